The highest BCUT2D eigenvalue weighted by atomic mass is 31.2. The molecule has 0 saturated carbocycles. The van der Waals surface area contributed by atoms with Gasteiger partial charge < -0.3 is 28.8 Å². The minimum Gasteiger partial charge on any atom is -0.756 e. The molecule has 8 nitrogen and oxygen atoms in total. The number of phosphoric ester groups is 1. The molecule has 0 spiro atoms. The van der Waals surface area contributed by atoms with Gasteiger partial charge in [-0.2, -0.15) is 0 Å². The molecule has 0 aliphatic rings. The quantitative estimate of drug-likeness (QED) is 0.0325. The van der Waals surface area contributed by atoms with Gasteiger partial charge in [0.2, 0.25) is 5.91 Å². The number of hydrogen-bond acceptors (Lipinski definition) is 6. The van der Waals surface area contributed by atoms with Crippen molar-refractivity contribution in [3.8, 4) is 0 Å². The van der Waals surface area contributed by atoms with Crippen molar-refractivity contribution in [3.63, 3.8) is 0 Å². The number of likely N-dealkylation sites (N-methyl/N-ethyl adjacent to an activating group) is 1. The van der Waals surface area contributed by atoms with Gasteiger partial charge in [-0.05, 0) is 38.5 Å². The predicted molar refractivity (Wildman–Crippen MR) is 187 cm³/mol. The van der Waals surface area contributed by atoms with Gasteiger partial charge in [0, 0.05) is 6.42 Å². The molecule has 0 rings (SSSR count). The van der Waals surface area contributed by atoms with E-state index in [0.717, 1.165) is 64.2 Å². The van der Waals surface area contributed by atoms with Crippen molar-refractivity contribution >= 4 is 13.7 Å². The maximum absolute atomic E-state index is 12.7. The second kappa shape index (κ2) is 29.1. The first-order valence-electron chi connectivity index (χ1n) is 18.2. The summed E-state index contributed by atoms with van der Waals surface area (Å²) >= 11 is 0. The van der Waals surface area contributed by atoms with Crippen LogP contribution in [0.1, 0.15) is 149 Å². The van der Waals surface area contributed by atoms with Crippen LogP contribution in [0.2, 0.25) is 0 Å². The lowest BCUT2D eigenvalue weighted by Gasteiger charge is -2.29. The van der Waals surface area contributed by atoms with Crippen LogP contribution in [0.4, 0.5) is 0 Å². The van der Waals surface area contributed by atoms with Crippen molar-refractivity contribution in [2.75, 3.05) is 40.9 Å². The Morgan fingerprint density at radius 1 is 0.756 bits per heavy atom. The number of phosphoric acid groups is 1. The number of nitrogens with one attached hydrogen (secondary N) is 1. The lowest BCUT2D eigenvalue weighted by Crippen LogP contribution is -2.45. The average molecular weight is 659 g/mol. The van der Waals surface area contributed by atoms with Gasteiger partial charge in [-0.25, -0.2) is 0 Å². The van der Waals surface area contributed by atoms with E-state index >= 15 is 0 Å². The fraction of sp³-hybridized carbons (Fsp3) is 0.861. The number of unbranched alkanes of at least 4 members (excludes halogenated alkanes) is 17. The van der Waals surface area contributed by atoms with E-state index in [0.29, 0.717) is 17.4 Å². The van der Waals surface area contributed by atoms with Crippen LogP contribution in [-0.2, 0) is 18.4 Å². The Bertz CT molecular complexity index is 799. The number of aliphatic hydroxyl groups is 1. The first kappa shape index (κ1) is 44.0. The van der Waals surface area contributed by atoms with Gasteiger partial charge >= 0.3 is 0 Å². The Hall–Kier alpha value is -1.02. The average Bonchev–Trinajstić information content (AvgIpc) is 2.97. The molecule has 0 radical (unpaired) electrons. The monoisotopic (exact) mass is 659 g/mol. The molecule has 0 fully saturated rings. The van der Waals surface area contributed by atoms with Crippen LogP contribution in [-0.4, -0.2) is 68.5 Å². The van der Waals surface area contributed by atoms with E-state index < -0.39 is 20.0 Å². The van der Waals surface area contributed by atoms with Crippen LogP contribution < -0.4 is 10.2 Å². The normalized spacial score (nSPS) is 15.1. The third-order valence-electron chi connectivity index (χ3n) is 7.91. The first-order valence-corrected chi connectivity index (χ1v) is 19.7. The minimum atomic E-state index is -4.57. The molecule has 2 N–H and O–H groups in total. The highest BCUT2D eigenvalue weighted by molar-refractivity contribution is 7.45. The number of aliphatic hydroxyl groups excluding tert-OH is 1. The smallest absolute Gasteiger partial charge is 0.268 e. The van der Waals surface area contributed by atoms with Gasteiger partial charge in [-0.3, -0.25) is 9.36 Å². The van der Waals surface area contributed by atoms with Gasteiger partial charge in [0.1, 0.15) is 13.2 Å². The number of carbonyl (C=O) groups excluding carboxylic acids is 1. The standard InChI is InChI=1S/C36H71N2O6P/c1-6-8-10-12-14-16-18-20-21-23-25-27-29-35(39)34(33-44-45(41,42)43-32-31-38(3,4)5)37-36(40)30-28-26-24-22-19-17-15-13-11-9-7-2/h13,15,27,29,34-35,39H,6-12,14,16-26,28,30-33H2,1-5H3,(H-,37,40,41,42)/b15-13-,29-27+. The van der Waals surface area contributed by atoms with Crippen LogP contribution in [0.25, 0.3) is 0 Å². The van der Waals surface area contributed by atoms with E-state index in [1.54, 1.807) is 6.08 Å². The maximum Gasteiger partial charge on any atom is 0.268 e. The van der Waals surface area contributed by atoms with Gasteiger partial charge in [0.15, 0.2) is 0 Å². The summed E-state index contributed by atoms with van der Waals surface area (Å²) in [6, 6.07) is -0.884. The predicted octanol–water partition coefficient (Wildman–Crippen LogP) is 8.38. The summed E-state index contributed by atoms with van der Waals surface area (Å²) in [5, 5.41) is 13.6. The highest BCUT2D eigenvalue weighted by Crippen LogP contribution is 2.38. The number of allylic oxidation sites excluding steroid dienone is 3. The van der Waals surface area contributed by atoms with Crippen molar-refractivity contribution in [1.82, 2.24) is 5.32 Å². The lowest BCUT2D eigenvalue weighted by atomic mass is 10.1. The number of quaternary nitrogens is 1. The van der Waals surface area contributed by atoms with E-state index in [-0.39, 0.29) is 19.1 Å². The van der Waals surface area contributed by atoms with Gasteiger partial charge in [-0.15, -0.1) is 0 Å². The van der Waals surface area contributed by atoms with Gasteiger partial charge in [0.25, 0.3) is 7.82 Å². The number of carbonyl (C=O) groups is 1. The third kappa shape index (κ3) is 31.4. The Morgan fingerprint density at radius 2 is 1.24 bits per heavy atom. The molecule has 0 aliphatic heterocycles. The highest BCUT2D eigenvalue weighted by Gasteiger charge is 2.23. The molecule has 0 aliphatic carbocycles. The van der Waals surface area contributed by atoms with Crippen molar-refractivity contribution in [2.24, 2.45) is 0 Å². The molecule has 0 aromatic carbocycles. The largest absolute Gasteiger partial charge is 0.756 e. The molecule has 0 aromatic rings. The van der Waals surface area contributed by atoms with Crippen molar-refractivity contribution in [2.45, 2.75) is 161 Å². The Morgan fingerprint density at radius 3 is 1.80 bits per heavy atom. The molecule has 3 atom stereocenters. The molecule has 1 amide bonds. The zero-order valence-corrected chi connectivity index (χ0v) is 30.7. The Kier molecular flexibility index (Phi) is 28.5. The summed E-state index contributed by atoms with van der Waals surface area (Å²) in [5.74, 6) is -0.212. The van der Waals surface area contributed by atoms with Crippen LogP contribution in [0.5, 0.6) is 0 Å². The fourth-order valence-electron chi connectivity index (χ4n) is 4.90. The number of amides is 1. The molecule has 45 heavy (non-hydrogen) atoms. The fourth-order valence-corrected chi connectivity index (χ4v) is 5.62. The second-order valence-corrected chi connectivity index (χ2v) is 15.0. The molecular formula is C36H71N2O6P. The third-order valence-corrected chi connectivity index (χ3v) is 8.87. The van der Waals surface area contributed by atoms with E-state index in [2.05, 4.69) is 31.3 Å². The number of hydrogen-bond donors (Lipinski definition) is 2. The second-order valence-electron chi connectivity index (χ2n) is 13.6. The van der Waals surface area contributed by atoms with Crippen LogP contribution in [0.3, 0.4) is 0 Å². The van der Waals surface area contributed by atoms with E-state index in [1.807, 2.05) is 27.2 Å². The minimum absolute atomic E-state index is 0.00222. The molecule has 3 unspecified atom stereocenters. The maximum atomic E-state index is 12.7. The van der Waals surface area contributed by atoms with E-state index in [9.17, 15) is 19.4 Å². The van der Waals surface area contributed by atoms with Crippen LogP contribution in [0.15, 0.2) is 24.3 Å². The van der Waals surface area contributed by atoms with Crippen LogP contribution in [0, 0.1) is 0 Å². The molecule has 0 saturated heterocycles. The van der Waals surface area contributed by atoms with Crippen molar-refractivity contribution < 1.29 is 32.9 Å². The molecular weight excluding hydrogens is 587 g/mol. The summed E-state index contributed by atoms with van der Waals surface area (Å²) in [6.07, 6.45) is 30.7. The zero-order chi connectivity index (χ0) is 33.7. The lowest BCUT2D eigenvalue weighted by molar-refractivity contribution is -0.870. The van der Waals surface area contributed by atoms with E-state index in [1.165, 1.54) is 64.2 Å². The molecule has 9 heteroatoms. The first-order chi connectivity index (χ1) is 21.5. The summed E-state index contributed by atoms with van der Waals surface area (Å²) in [5.41, 5.74) is 0. The topological polar surface area (TPSA) is 108 Å². The number of nitrogens with zero attached hydrogens (tertiary/aromatic N) is 1. The zero-order valence-electron chi connectivity index (χ0n) is 29.8. The van der Waals surface area contributed by atoms with Crippen molar-refractivity contribution in [1.29, 1.82) is 0 Å². The summed E-state index contributed by atoms with van der Waals surface area (Å²) < 4.78 is 23.0. The SMILES string of the molecule is CCCC/C=C\CCCCCCCC(=O)NC(COP(=O)([O-])OCC[N+](C)(C)C)C(O)/C=C/CCCCCCCCCCCC. The number of rotatable bonds is 32. The molecule has 266 valence electrons. The Labute approximate surface area is 277 Å². The summed E-state index contributed by atoms with van der Waals surface area (Å²) in [4.78, 5) is 25.1. The molecule has 0 bridgehead atoms. The van der Waals surface area contributed by atoms with Gasteiger partial charge in [0.05, 0.1) is 39.9 Å². The molecule has 0 aromatic heterocycles. The van der Waals surface area contributed by atoms with Crippen molar-refractivity contribution in [3.05, 3.63) is 24.3 Å². The molecule has 0 heterocycles. The van der Waals surface area contributed by atoms with Crippen LogP contribution >= 0.6 is 7.82 Å². The summed E-state index contributed by atoms with van der Waals surface area (Å²) in [6.45, 7) is 4.56. The van der Waals surface area contributed by atoms with E-state index in [4.69, 9.17) is 9.05 Å². The Balaban J connectivity index is 4.60. The van der Waals surface area contributed by atoms with Gasteiger partial charge in [-0.1, -0.05) is 128 Å². The summed E-state index contributed by atoms with van der Waals surface area (Å²) in [7, 11) is 1.25.